The number of ether oxygens (including phenoxy) is 3. The van der Waals surface area contributed by atoms with Gasteiger partial charge in [0.1, 0.15) is 11.6 Å². The number of carbonyl (C=O) groups is 4. The largest absolute Gasteiger partial charge is 0.480 e. The Morgan fingerprint density at radius 3 is 1.77 bits per heavy atom. The quantitative estimate of drug-likeness (QED) is 0.252. The van der Waals surface area contributed by atoms with Crippen LogP contribution in [0.15, 0.2) is 18.2 Å². The number of carboxylic acid groups (broad SMARTS) is 1. The van der Waals surface area contributed by atoms with Crippen LogP contribution in [0.4, 0.5) is 0 Å². The fourth-order valence-electron chi connectivity index (χ4n) is 3.63. The lowest BCUT2D eigenvalue weighted by atomic mass is 9.86. The Morgan fingerprint density at radius 1 is 0.846 bits per heavy atom. The molecule has 9 nitrogen and oxygen atoms in total. The third-order valence-electron chi connectivity index (χ3n) is 6.78. The maximum Gasteiger partial charge on any atom is 0.324 e. The van der Waals surface area contributed by atoms with Gasteiger partial charge in [-0.15, -0.1) is 0 Å². The zero-order chi connectivity index (χ0) is 30.3. The summed E-state index contributed by atoms with van der Waals surface area (Å²) in [5.41, 5.74) is 4.72. The highest BCUT2D eigenvalue weighted by Gasteiger charge is 2.37. The number of nitrogens with two attached hydrogens (primary N) is 1. The highest BCUT2D eigenvalue weighted by Crippen LogP contribution is 2.33. The Morgan fingerprint density at radius 2 is 1.33 bits per heavy atom. The Balaban J connectivity index is 3.28. The molecule has 0 aliphatic heterocycles. The summed E-state index contributed by atoms with van der Waals surface area (Å²) in [7, 11) is 0. The summed E-state index contributed by atoms with van der Waals surface area (Å²) in [5.74, 6) is -3.39. The van der Waals surface area contributed by atoms with E-state index in [0.717, 1.165) is 0 Å². The Kier molecular flexibility index (Phi) is 12.2. The molecule has 0 bridgehead atoms. The molecule has 1 aromatic carbocycles. The Bertz CT molecular complexity index is 1030. The van der Waals surface area contributed by atoms with Gasteiger partial charge in [0, 0.05) is 12.8 Å². The molecule has 1 aromatic rings. The van der Waals surface area contributed by atoms with E-state index < -0.39 is 47.4 Å². The van der Waals surface area contributed by atoms with Gasteiger partial charge >= 0.3 is 23.9 Å². The molecule has 0 heterocycles. The lowest BCUT2D eigenvalue weighted by molar-refractivity contribution is -0.154. The third kappa shape index (κ3) is 11.0. The van der Waals surface area contributed by atoms with Gasteiger partial charge in [0.05, 0.1) is 18.3 Å². The number of hydrogen-bond donors (Lipinski definition) is 2. The minimum absolute atomic E-state index is 0.00620. The number of aliphatic carboxylic acids is 1. The molecule has 0 saturated heterocycles. The van der Waals surface area contributed by atoms with Crippen LogP contribution in [0, 0.1) is 29.1 Å². The first kappa shape index (κ1) is 34.1. The average molecular weight is 550 g/mol. The van der Waals surface area contributed by atoms with Crippen molar-refractivity contribution in [2.75, 3.05) is 0 Å². The van der Waals surface area contributed by atoms with Crippen molar-refractivity contribution in [1.82, 2.24) is 0 Å². The van der Waals surface area contributed by atoms with Gasteiger partial charge in [-0.1, -0.05) is 68.4 Å². The highest BCUT2D eigenvalue weighted by atomic mass is 16.6. The van der Waals surface area contributed by atoms with E-state index in [2.05, 4.69) is 0 Å². The van der Waals surface area contributed by atoms with E-state index in [1.165, 1.54) is 12.1 Å². The van der Waals surface area contributed by atoms with Crippen LogP contribution < -0.4 is 15.2 Å². The van der Waals surface area contributed by atoms with E-state index in [4.69, 9.17) is 19.9 Å². The van der Waals surface area contributed by atoms with E-state index in [1.54, 1.807) is 26.8 Å². The van der Waals surface area contributed by atoms with Crippen molar-refractivity contribution >= 4 is 23.9 Å². The normalized spacial score (nSPS) is 15.7. The van der Waals surface area contributed by atoms with Crippen LogP contribution in [0.2, 0.25) is 0 Å². The zero-order valence-electron chi connectivity index (χ0n) is 25.1. The molecule has 0 aliphatic rings. The maximum atomic E-state index is 12.8. The summed E-state index contributed by atoms with van der Waals surface area (Å²) in [6.07, 6.45) is -0.853. The molecule has 3 N–H and O–H groups in total. The van der Waals surface area contributed by atoms with Crippen molar-refractivity contribution in [3.63, 3.8) is 0 Å². The van der Waals surface area contributed by atoms with Gasteiger partial charge in [-0.05, 0) is 41.9 Å². The van der Waals surface area contributed by atoms with Crippen molar-refractivity contribution in [3.05, 3.63) is 23.8 Å². The smallest absolute Gasteiger partial charge is 0.324 e. The van der Waals surface area contributed by atoms with Crippen molar-refractivity contribution in [1.29, 1.82) is 0 Å². The van der Waals surface area contributed by atoms with Gasteiger partial charge < -0.3 is 25.1 Å². The first-order valence-corrected chi connectivity index (χ1v) is 13.5. The predicted octanol–water partition coefficient (Wildman–Crippen LogP) is 5.16. The average Bonchev–Trinajstić information content (AvgIpc) is 2.77. The molecule has 0 spiro atoms. The van der Waals surface area contributed by atoms with Crippen LogP contribution >= 0.6 is 0 Å². The number of esters is 3. The Hall–Kier alpha value is -2.94. The Labute approximate surface area is 232 Å². The van der Waals surface area contributed by atoms with E-state index in [-0.39, 0.29) is 48.0 Å². The lowest BCUT2D eigenvalue weighted by Crippen LogP contribution is -2.52. The molecule has 1 rings (SSSR count). The fraction of sp³-hybridized carbons (Fsp3) is 0.667. The predicted molar refractivity (Wildman–Crippen MR) is 148 cm³/mol. The van der Waals surface area contributed by atoms with Gasteiger partial charge in [-0.25, -0.2) is 0 Å². The van der Waals surface area contributed by atoms with Crippen LogP contribution in [0.1, 0.15) is 87.6 Å². The molecule has 0 fully saturated rings. The molecular weight excluding hydrogens is 502 g/mol. The summed E-state index contributed by atoms with van der Waals surface area (Å²) in [6.45, 7) is 18.4. The summed E-state index contributed by atoms with van der Waals surface area (Å²) in [6, 6.07) is 4.51. The molecule has 0 saturated carbocycles. The molecule has 39 heavy (non-hydrogen) atoms. The van der Waals surface area contributed by atoms with Gasteiger partial charge in [-0.2, -0.15) is 0 Å². The first-order chi connectivity index (χ1) is 17.8. The van der Waals surface area contributed by atoms with E-state index >= 15 is 0 Å². The molecule has 220 valence electrons. The number of carbonyl (C=O) groups excluding carboxylic acids is 3. The molecule has 0 radical (unpaired) electrons. The van der Waals surface area contributed by atoms with Crippen LogP contribution in [0.3, 0.4) is 0 Å². The summed E-state index contributed by atoms with van der Waals surface area (Å²) in [4.78, 5) is 49.9. The van der Waals surface area contributed by atoms with Crippen molar-refractivity contribution in [2.45, 2.75) is 100 Å². The van der Waals surface area contributed by atoms with Crippen LogP contribution in [-0.4, -0.2) is 40.6 Å². The second kappa shape index (κ2) is 13.9. The van der Waals surface area contributed by atoms with E-state index in [0.29, 0.717) is 5.56 Å². The number of rotatable bonds is 13. The molecule has 9 heteroatoms. The standard InChI is InChI=1S/C30H47NO8/c1-17(2)20(6)26(33)38-23-12-11-22(13-24(23)39-27(34)21(7)18(3)4)15-30(31,28(35)36)14-19(5)37-25(32)16-29(8,9)10/h11-13,17-21H,14-16,31H2,1-10H3,(H,35,36)/t19-,20?,21?,30?/m0/s1. The maximum absolute atomic E-state index is 12.8. The van der Waals surface area contributed by atoms with Crippen LogP contribution in [0.5, 0.6) is 11.5 Å². The fourth-order valence-corrected chi connectivity index (χ4v) is 3.63. The van der Waals surface area contributed by atoms with Gasteiger partial charge in [0.15, 0.2) is 11.5 Å². The van der Waals surface area contributed by atoms with Crippen molar-refractivity contribution in [3.8, 4) is 11.5 Å². The topological polar surface area (TPSA) is 142 Å². The van der Waals surface area contributed by atoms with Crippen LogP contribution in [0.25, 0.3) is 0 Å². The van der Waals surface area contributed by atoms with Crippen LogP contribution in [-0.2, 0) is 30.3 Å². The lowest BCUT2D eigenvalue weighted by Gasteiger charge is -2.29. The molecule has 0 aliphatic carbocycles. The zero-order valence-corrected chi connectivity index (χ0v) is 25.1. The molecular formula is C30H47NO8. The minimum atomic E-state index is -1.78. The van der Waals surface area contributed by atoms with E-state index in [1.807, 2.05) is 48.5 Å². The second-order valence-electron chi connectivity index (χ2n) is 12.6. The molecule has 4 atom stereocenters. The van der Waals surface area contributed by atoms with Crippen molar-refractivity contribution in [2.24, 2.45) is 34.8 Å². The number of carboxylic acids is 1. The van der Waals surface area contributed by atoms with E-state index in [9.17, 15) is 24.3 Å². The summed E-state index contributed by atoms with van der Waals surface area (Å²) in [5, 5.41) is 9.98. The highest BCUT2D eigenvalue weighted by molar-refractivity contribution is 5.80. The number of benzene rings is 1. The SMILES string of the molecule is CC(C)C(C)C(=O)Oc1ccc(CC(N)(C[C@H](C)OC(=O)CC(C)(C)C)C(=O)O)cc1OC(=O)C(C)C(C)C. The first-order valence-electron chi connectivity index (χ1n) is 13.5. The van der Waals surface area contributed by atoms with Gasteiger partial charge in [-0.3, -0.25) is 19.2 Å². The van der Waals surface area contributed by atoms with Gasteiger partial charge in [0.2, 0.25) is 0 Å². The molecule has 0 amide bonds. The third-order valence-corrected chi connectivity index (χ3v) is 6.78. The van der Waals surface area contributed by atoms with Crippen molar-refractivity contribution < 1.29 is 38.5 Å². The summed E-state index contributed by atoms with van der Waals surface area (Å²) < 4.78 is 16.6. The molecule has 0 aromatic heterocycles. The summed E-state index contributed by atoms with van der Waals surface area (Å²) >= 11 is 0. The van der Waals surface area contributed by atoms with Gasteiger partial charge in [0.25, 0.3) is 0 Å². The molecule has 3 unspecified atom stereocenters. The minimum Gasteiger partial charge on any atom is -0.480 e. The second-order valence-corrected chi connectivity index (χ2v) is 12.6. The monoisotopic (exact) mass is 549 g/mol. The number of hydrogen-bond acceptors (Lipinski definition) is 8.